The highest BCUT2D eigenvalue weighted by molar-refractivity contribution is 5.89. The Morgan fingerprint density at radius 1 is 1.36 bits per heavy atom. The Hall–Kier alpha value is -1.66. The zero-order valence-electron chi connectivity index (χ0n) is 17.4. The molecule has 0 aliphatic heterocycles. The summed E-state index contributed by atoms with van der Waals surface area (Å²) in [5.41, 5.74) is -1.69. The molecule has 6 nitrogen and oxygen atoms in total. The maximum atomic E-state index is 13.2. The van der Waals surface area contributed by atoms with Gasteiger partial charge in [-0.2, -0.15) is 0 Å². The maximum absolute atomic E-state index is 13.2. The highest BCUT2D eigenvalue weighted by Gasteiger charge is 2.69. The van der Waals surface area contributed by atoms with Crippen molar-refractivity contribution in [2.75, 3.05) is 0 Å². The van der Waals surface area contributed by atoms with Crippen molar-refractivity contribution < 1.29 is 29.0 Å². The molecule has 0 saturated heterocycles. The third kappa shape index (κ3) is 3.01. The van der Waals surface area contributed by atoms with Crippen LogP contribution in [0, 0.1) is 22.7 Å². The molecule has 0 amide bonds. The number of fused-ring (bicyclic) bond motifs is 1. The molecule has 2 aliphatic rings. The first-order valence-electron chi connectivity index (χ1n) is 10.1. The van der Waals surface area contributed by atoms with E-state index in [4.69, 9.17) is 9.15 Å². The predicted octanol–water partition coefficient (Wildman–Crippen LogP) is 2.90. The van der Waals surface area contributed by atoms with E-state index in [0.29, 0.717) is 25.7 Å². The fourth-order valence-electron chi connectivity index (χ4n) is 5.99. The lowest BCUT2D eigenvalue weighted by molar-refractivity contribution is -0.245. The first-order chi connectivity index (χ1) is 12.9. The van der Waals surface area contributed by atoms with Crippen molar-refractivity contribution in [3.8, 4) is 0 Å². The Morgan fingerprint density at radius 2 is 2.04 bits per heavy atom. The van der Waals surface area contributed by atoms with Crippen molar-refractivity contribution in [1.82, 2.24) is 0 Å². The quantitative estimate of drug-likeness (QED) is 0.765. The Labute approximate surface area is 166 Å². The third-order valence-corrected chi connectivity index (χ3v) is 7.61. The lowest BCUT2D eigenvalue weighted by atomic mass is 9.42. The van der Waals surface area contributed by atoms with E-state index >= 15 is 0 Å². The summed E-state index contributed by atoms with van der Waals surface area (Å²) in [4.78, 5) is 24.8. The van der Waals surface area contributed by atoms with E-state index < -0.39 is 40.5 Å². The molecule has 6 atom stereocenters. The largest absolute Gasteiger partial charge is 0.472 e. The molecule has 2 aliphatic carbocycles. The Morgan fingerprint density at radius 3 is 2.61 bits per heavy atom. The number of ketones is 1. The fraction of sp³-hybridized carbons (Fsp3) is 0.727. The minimum Gasteiger partial charge on any atom is -0.472 e. The van der Waals surface area contributed by atoms with Crippen molar-refractivity contribution in [2.45, 2.75) is 78.1 Å². The van der Waals surface area contributed by atoms with Gasteiger partial charge in [-0.1, -0.05) is 27.7 Å². The minimum absolute atomic E-state index is 0.259. The number of carbonyl (C=O) groups is 2. The molecule has 1 heterocycles. The zero-order chi connectivity index (χ0) is 20.9. The van der Waals surface area contributed by atoms with Crippen LogP contribution in [-0.2, 0) is 20.7 Å². The number of carbonyl (C=O) groups excluding carboxylic acids is 2. The van der Waals surface area contributed by atoms with Gasteiger partial charge in [0.15, 0.2) is 5.78 Å². The summed E-state index contributed by atoms with van der Waals surface area (Å²) in [7, 11) is 0. The summed E-state index contributed by atoms with van der Waals surface area (Å²) in [5.74, 6) is -1.84. The molecule has 2 fully saturated rings. The molecule has 1 aromatic heterocycles. The van der Waals surface area contributed by atoms with Gasteiger partial charge in [0.25, 0.3) is 0 Å². The highest BCUT2D eigenvalue weighted by Crippen LogP contribution is 2.63. The number of aliphatic hydroxyl groups is 2. The van der Waals surface area contributed by atoms with E-state index in [1.54, 1.807) is 19.5 Å². The van der Waals surface area contributed by atoms with Gasteiger partial charge in [-0.25, -0.2) is 0 Å². The molecule has 28 heavy (non-hydrogen) atoms. The zero-order valence-corrected chi connectivity index (χ0v) is 17.4. The van der Waals surface area contributed by atoms with Crippen molar-refractivity contribution in [3.05, 3.63) is 24.2 Å². The monoisotopic (exact) mass is 392 g/mol. The number of ether oxygens (including phenoxy) is 1. The molecule has 0 unspecified atom stereocenters. The van der Waals surface area contributed by atoms with Crippen molar-refractivity contribution >= 4 is 11.8 Å². The smallest absolute Gasteiger partial charge is 0.302 e. The number of rotatable bonds is 4. The van der Waals surface area contributed by atoms with Crippen LogP contribution in [-0.4, -0.2) is 39.8 Å². The normalized spacial score (nSPS) is 40.0. The van der Waals surface area contributed by atoms with E-state index in [-0.39, 0.29) is 11.8 Å². The van der Waals surface area contributed by atoms with Gasteiger partial charge in [-0.05, 0) is 37.3 Å². The fourth-order valence-corrected chi connectivity index (χ4v) is 5.99. The Bertz CT molecular complexity index is 738. The second-order valence-electron chi connectivity index (χ2n) is 9.50. The number of aliphatic hydroxyl groups excluding tert-OH is 1. The number of hydrogen-bond acceptors (Lipinski definition) is 6. The van der Waals surface area contributed by atoms with E-state index in [0.717, 1.165) is 5.56 Å². The molecular weight excluding hydrogens is 360 g/mol. The van der Waals surface area contributed by atoms with Crippen molar-refractivity contribution in [2.24, 2.45) is 22.7 Å². The lowest BCUT2D eigenvalue weighted by Gasteiger charge is -2.64. The van der Waals surface area contributed by atoms with Gasteiger partial charge < -0.3 is 19.4 Å². The molecule has 6 heteroatoms. The van der Waals surface area contributed by atoms with Gasteiger partial charge in [0.1, 0.15) is 12.2 Å². The molecule has 2 saturated carbocycles. The molecule has 1 aromatic rings. The van der Waals surface area contributed by atoms with E-state index in [9.17, 15) is 19.8 Å². The molecular formula is C22H32O6. The standard InChI is InChI=1S/C22H32O6/c1-13-17(24)18(25)19-20(3,4)16(28-14(2)23)7-9-21(19,5)22(13,26)10-6-15-8-11-27-12-15/h8,11-13,16-17,19,24,26H,6-7,9-10H2,1-5H3/t13-,16-,17-,19+,21+,22-/m1/s1. The molecule has 0 aromatic carbocycles. The SMILES string of the molecule is CC(=O)O[C@@H]1CC[C@@]2(C)[C@@H](C(=O)[C@H](O)[C@@H](C)[C@]2(O)CCc2ccoc2)C1(C)C. The summed E-state index contributed by atoms with van der Waals surface area (Å²) in [6, 6.07) is 1.86. The van der Waals surface area contributed by atoms with Gasteiger partial charge >= 0.3 is 5.97 Å². The van der Waals surface area contributed by atoms with Gasteiger partial charge in [0.2, 0.25) is 0 Å². The third-order valence-electron chi connectivity index (χ3n) is 7.61. The maximum Gasteiger partial charge on any atom is 0.302 e. The number of furan rings is 1. The first kappa shape index (κ1) is 21.1. The first-order valence-corrected chi connectivity index (χ1v) is 10.1. The summed E-state index contributed by atoms with van der Waals surface area (Å²) >= 11 is 0. The van der Waals surface area contributed by atoms with Crippen LogP contribution in [0.4, 0.5) is 0 Å². The van der Waals surface area contributed by atoms with Crippen LogP contribution in [0.25, 0.3) is 0 Å². The Balaban J connectivity index is 2.00. The molecule has 0 bridgehead atoms. The van der Waals surface area contributed by atoms with E-state index in [1.807, 2.05) is 26.8 Å². The van der Waals surface area contributed by atoms with Gasteiger partial charge in [0, 0.05) is 29.6 Å². The molecule has 0 spiro atoms. The second kappa shape index (κ2) is 6.99. The summed E-state index contributed by atoms with van der Waals surface area (Å²) in [6.07, 6.45) is 3.70. The highest BCUT2D eigenvalue weighted by atomic mass is 16.5. The van der Waals surface area contributed by atoms with Gasteiger partial charge in [-0.15, -0.1) is 0 Å². The number of Topliss-reactive ketones (excluding diaryl/α,β-unsaturated/α-hetero) is 1. The van der Waals surface area contributed by atoms with E-state index in [2.05, 4.69) is 0 Å². The van der Waals surface area contributed by atoms with Crippen LogP contribution in [0.3, 0.4) is 0 Å². The van der Waals surface area contributed by atoms with Crippen LogP contribution in [0.1, 0.15) is 59.4 Å². The lowest BCUT2D eigenvalue weighted by Crippen LogP contribution is -2.71. The Kier molecular flexibility index (Phi) is 5.26. The summed E-state index contributed by atoms with van der Waals surface area (Å²) in [5, 5.41) is 22.7. The van der Waals surface area contributed by atoms with Crippen LogP contribution in [0.15, 0.2) is 23.0 Å². The van der Waals surface area contributed by atoms with Crippen LogP contribution < -0.4 is 0 Å². The van der Waals surface area contributed by atoms with Crippen LogP contribution >= 0.6 is 0 Å². The van der Waals surface area contributed by atoms with Crippen LogP contribution in [0.2, 0.25) is 0 Å². The predicted molar refractivity (Wildman–Crippen MR) is 102 cm³/mol. The number of hydrogen-bond donors (Lipinski definition) is 2. The van der Waals surface area contributed by atoms with Crippen LogP contribution in [0.5, 0.6) is 0 Å². The number of aryl methyl sites for hydroxylation is 1. The molecule has 0 radical (unpaired) electrons. The van der Waals surface area contributed by atoms with E-state index in [1.165, 1.54) is 6.92 Å². The summed E-state index contributed by atoms with van der Waals surface area (Å²) in [6.45, 7) is 8.88. The average molecular weight is 392 g/mol. The number of esters is 1. The van der Waals surface area contributed by atoms with Crippen molar-refractivity contribution in [3.63, 3.8) is 0 Å². The summed E-state index contributed by atoms with van der Waals surface area (Å²) < 4.78 is 10.7. The topological polar surface area (TPSA) is 97.0 Å². The van der Waals surface area contributed by atoms with Crippen molar-refractivity contribution in [1.29, 1.82) is 0 Å². The second-order valence-corrected chi connectivity index (χ2v) is 9.50. The average Bonchev–Trinajstić information content (AvgIpc) is 3.12. The van der Waals surface area contributed by atoms with Gasteiger partial charge in [-0.3, -0.25) is 9.59 Å². The van der Waals surface area contributed by atoms with Gasteiger partial charge in [0.05, 0.1) is 18.1 Å². The minimum atomic E-state index is -1.25. The molecule has 3 rings (SSSR count). The molecule has 2 N–H and O–H groups in total. The molecule has 156 valence electrons.